The van der Waals surface area contributed by atoms with Gasteiger partial charge >= 0.3 is 0 Å². The fourth-order valence-corrected chi connectivity index (χ4v) is 1.82. The third-order valence-electron chi connectivity index (χ3n) is 2.88. The second kappa shape index (κ2) is 7.19. The fourth-order valence-electron chi connectivity index (χ4n) is 1.82. The minimum Gasteiger partial charge on any atom is -0.494 e. The summed E-state index contributed by atoms with van der Waals surface area (Å²) in [5.41, 5.74) is 7.17. The van der Waals surface area contributed by atoms with Gasteiger partial charge in [-0.25, -0.2) is 0 Å². The van der Waals surface area contributed by atoms with Crippen molar-refractivity contribution in [2.24, 2.45) is 10.9 Å². The smallest absolute Gasteiger partial charge is 0.170 e. The summed E-state index contributed by atoms with van der Waals surface area (Å²) in [4.78, 5) is 0. The molecular weight excluding hydrogens is 268 g/mol. The zero-order chi connectivity index (χ0) is 15.1. The number of rotatable bonds is 6. The highest BCUT2D eigenvalue weighted by Gasteiger charge is 2.01. The van der Waals surface area contributed by atoms with Gasteiger partial charge in [0.1, 0.15) is 18.1 Å². The molecule has 3 N–H and O–H groups in total. The van der Waals surface area contributed by atoms with Gasteiger partial charge in [0.25, 0.3) is 0 Å². The van der Waals surface area contributed by atoms with E-state index in [1.165, 1.54) is 0 Å². The summed E-state index contributed by atoms with van der Waals surface area (Å²) in [5, 5.41) is 11.6. The molecule has 2 rings (SSSR count). The normalized spacial score (nSPS) is 11.2. The summed E-state index contributed by atoms with van der Waals surface area (Å²) in [6.07, 6.45) is 0. The molecule has 0 saturated carbocycles. The lowest BCUT2D eigenvalue weighted by Crippen LogP contribution is -2.12. The maximum atomic E-state index is 8.61. The van der Waals surface area contributed by atoms with E-state index in [2.05, 4.69) is 5.16 Å². The first-order valence-corrected chi connectivity index (χ1v) is 6.65. The third-order valence-corrected chi connectivity index (χ3v) is 2.88. The molecule has 5 nitrogen and oxygen atoms in total. The van der Waals surface area contributed by atoms with Crippen LogP contribution in [0.25, 0.3) is 0 Å². The molecule has 2 aromatic rings. The van der Waals surface area contributed by atoms with Crippen LogP contribution < -0.4 is 15.2 Å². The van der Waals surface area contributed by atoms with E-state index >= 15 is 0 Å². The molecule has 0 aliphatic rings. The molecule has 0 aromatic heterocycles. The lowest BCUT2D eigenvalue weighted by atomic mass is 10.1. The van der Waals surface area contributed by atoms with Crippen molar-refractivity contribution in [3.63, 3.8) is 0 Å². The van der Waals surface area contributed by atoms with E-state index in [0.29, 0.717) is 18.8 Å². The van der Waals surface area contributed by atoms with Crippen molar-refractivity contribution in [1.82, 2.24) is 0 Å². The fraction of sp³-hybridized carbons (Fsp3) is 0.188. The molecule has 0 atom stereocenters. The van der Waals surface area contributed by atoms with Crippen LogP contribution in [0.2, 0.25) is 0 Å². The minimum atomic E-state index is 0.0897. The molecule has 0 spiro atoms. The van der Waals surface area contributed by atoms with Crippen molar-refractivity contribution >= 4 is 5.84 Å². The molecule has 0 bridgehead atoms. The molecule has 0 saturated heterocycles. The van der Waals surface area contributed by atoms with Gasteiger partial charge in [0.2, 0.25) is 0 Å². The van der Waals surface area contributed by atoms with E-state index in [9.17, 15) is 0 Å². The van der Waals surface area contributed by atoms with Crippen molar-refractivity contribution in [2.75, 3.05) is 6.61 Å². The van der Waals surface area contributed by atoms with Gasteiger partial charge in [-0.2, -0.15) is 0 Å². The first kappa shape index (κ1) is 14.7. The van der Waals surface area contributed by atoms with Crippen molar-refractivity contribution < 1.29 is 14.7 Å². The molecule has 2 aromatic carbocycles. The van der Waals surface area contributed by atoms with Gasteiger partial charge in [-0.05, 0) is 24.6 Å². The number of hydrogen-bond acceptors (Lipinski definition) is 4. The second-order valence-corrected chi connectivity index (χ2v) is 4.38. The van der Waals surface area contributed by atoms with E-state index in [0.717, 1.165) is 17.1 Å². The Bertz CT molecular complexity index is 609. The average Bonchev–Trinajstić information content (AvgIpc) is 2.53. The molecule has 0 unspecified atom stereocenters. The Labute approximate surface area is 123 Å². The maximum Gasteiger partial charge on any atom is 0.170 e. The summed E-state index contributed by atoms with van der Waals surface area (Å²) >= 11 is 0. The van der Waals surface area contributed by atoms with Crippen molar-refractivity contribution in [1.29, 1.82) is 0 Å². The molecule has 0 radical (unpaired) electrons. The Kier molecular flexibility index (Phi) is 5.04. The number of ether oxygens (including phenoxy) is 2. The van der Waals surface area contributed by atoms with Crippen molar-refractivity contribution in [3.8, 4) is 11.5 Å². The molecule has 5 heteroatoms. The van der Waals surface area contributed by atoms with Crippen LogP contribution in [0.4, 0.5) is 0 Å². The van der Waals surface area contributed by atoms with Gasteiger partial charge in [0.15, 0.2) is 5.84 Å². The first-order valence-electron chi connectivity index (χ1n) is 6.65. The Balaban J connectivity index is 1.98. The number of nitrogens with zero attached hydrogens (tertiary/aromatic N) is 1. The Morgan fingerprint density at radius 3 is 2.38 bits per heavy atom. The standard InChI is InChI=1S/C16H18N2O3/c1-2-20-14-4-3-5-15(10-14)21-11-12-6-8-13(9-7-12)16(17)18-19/h3-10,19H,2,11H2,1H3,(H2,17,18). The zero-order valence-electron chi connectivity index (χ0n) is 11.8. The van der Waals surface area contributed by atoms with Crippen LogP contribution >= 0.6 is 0 Å². The molecule has 0 heterocycles. The van der Waals surface area contributed by atoms with Crippen LogP contribution in [0.5, 0.6) is 11.5 Å². The van der Waals surface area contributed by atoms with Crippen LogP contribution in [0.1, 0.15) is 18.1 Å². The van der Waals surface area contributed by atoms with Crippen LogP contribution in [0.15, 0.2) is 53.7 Å². The van der Waals surface area contributed by atoms with Crippen LogP contribution in [-0.4, -0.2) is 17.6 Å². The number of amidine groups is 1. The van der Waals surface area contributed by atoms with E-state index in [-0.39, 0.29) is 5.84 Å². The van der Waals surface area contributed by atoms with E-state index in [1.807, 2.05) is 43.3 Å². The zero-order valence-corrected chi connectivity index (χ0v) is 11.8. The number of benzene rings is 2. The molecule has 0 aliphatic heterocycles. The van der Waals surface area contributed by atoms with Gasteiger partial charge in [-0.3, -0.25) is 0 Å². The summed E-state index contributed by atoms with van der Waals surface area (Å²) in [5.74, 6) is 1.63. The quantitative estimate of drug-likeness (QED) is 0.370. The van der Waals surface area contributed by atoms with Crippen molar-refractivity contribution in [3.05, 3.63) is 59.7 Å². The number of nitrogens with two attached hydrogens (primary N) is 1. The first-order chi connectivity index (χ1) is 10.2. The van der Waals surface area contributed by atoms with Gasteiger partial charge in [0, 0.05) is 11.6 Å². The lowest BCUT2D eigenvalue weighted by molar-refractivity contribution is 0.299. The predicted octanol–water partition coefficient (Wildman–Crippen LogP) is 2.76. The Morgan fingerprint density at radius 1 is 1.10 bits per heavy atom. The molecule has 0 aliphatic carbocycles. The summed E-state index contributed by atoms with van der Waals surface area (Å²) in [6, 6.07) is 14.8. The largest absolute Gasteiger partial charge is 0.494 e. The highest BCUT2D eigenvalue weighted by atomic mass is 16.5. The average molecular weight is 286 g/mol. The Hall–Kier alpha value is -2.69. The summed E-state index contributed by atoms with van der Waals surface area (Å²) < 4.78 is 11.1. The minimum absolute atomic E-state index is 0.0897. The molecule has 21 heavy (non-hydrogen) atoms. The topological polar surface area (TPSA) is 77.1 Å². The highest BCUT2D eigenvalue weighted by molar-refractivity contribution is 5.96. The number of hydrogen-bond donors (Lipinski definition) is 2. The SMILES string of the molecule is CCOc1cccc(OCc2ccc(C(N)=NO)cc2)c1. The van der Waals surface area contributed by atoms with Crippen LogP contribution in [-0.2, 0) is 6.61 Å². The van der Waals surface area contributed by atoms with Crippen molar-refractivity contribution in [2.45, 2.75) is 13.5 Å². The summed E-state index contributed by atoms with van der Waals surface area (Å²) in [7, 11) is 0. The lowest BCUT2D eigenvalue weighted by Gasteiger charge is -2.09. The molecule has 110 valence electrons. The van der Waals surface area contributed by atoms with Gasteiger partial charge in [-0.15, -0.1) is 0 Å². The van der Waals surface area contributed by atoms with Gasteiger partial charge < -0.3 is 20.4 Å². The van der Waals surface area contributed by atoms with Gasteiger partial charge in [-0.1, -0.05) is 35.5 Å². The van der Waals surface area contributed by atoms with E-state index in [4.69, 9.17) is 20.4 Å². The predicted molar refractivity (Wildman–Crippen MR) is 80.9 cm³/mol. The third kappa shape index (κ3) is 4.14. The molecule has 0 fully saturated rings. The van der Waals surface area contributed by atoms with E-state index in [1.54, 1.807) is 12.1 Å². The number of oxime groups is 1. The Morgan fingerprint density at radius 2 is 1.76 bits per heavy atom. The maximum absolute atomic E-state index is 8.61. The molecule has 0 amide bonds. The monoisotopic (exact) mass is 286 g/mol. The van der Waals surface area contributed by atoms with Crippen LogP contribution in [0, 0.1) is 0 Å². The second-order valence-electron chi connectivity index (χ2n) is 4.38. The van der Waals surface area contributed by atoms with E-state index < -0.39 is 0 Å². The van der Waals surface area contributed by atoms with Crippen LogP contribution in [0.3, 0.4) is 0 Å². The molecular formula is C16H18N2O3. The highest BCUT2D eigenvalue weighted by Crippen LogP contribution is 2.20. The summed E-state index contributed by atoms with van der Waals surface area (Å²) in [6.45, 7) is 3.00. The van der Waals surface area contributed by atoms with Gasteiger partial charge in [0.05, 0.1) is 6.61 Å².